The highest BCUT2D eigenvalue weighted by atomic mass is 16.5. The van der Waals surface area contributed by atoms with E-state index in [-0.39, 0.29) is 36.2 Å². The SMILES string of the molecule is CC(C)CCCNC(=O)CCC(=O)O[C@H]1CC[C@@]2(C)C(=CC[C@H]3[C@@H]4CC[C@H]([C@H](C)CCCC(C)C)[C@@]4(C)CC[C@@H]32)C1. The summed E-state index contributed by atoms with van der Waals surface area (Å²) in [5, 5.41) is 2.95. The van der Waals surface area contributed by atoms with Crippen molar-refractivity contribution < 1.29 is 14.3 Å². The van der Waals surface area contributed by atoms with E-state index in [0.717, 1.165) is 67.6 Å². The molecule has 4 heteroatoms. The maximum atomic E-state index is 12.6. The maximum Gasteiger partial charge on any atom is 0.306 e. The van der Waals surface area contributed by atoms with Crippen LogP contribution in [0.5, 0.6) is 0 Å². The predicted molar refractivity (Wildman–Crippen MR) is 169 cm³/mol. The van der Waals surface area contributed by atoms with E-state index in [2.05, 4.69) is 59.9 Å². The number of esters is 1. The minimum atomic E-state index is -0.210. The molecule has 8 atom stereocenters. The molecular formula is C37H63NO3. The molecule has 3 saturated carbocycles. The standard InChI is InChI=1S/C37H63NO3/c1-25(2)10-8-12-27(5)31-15-16-32-30-14-13-28-24-29(19-21-36(28,6)33(30)20-22-37(31,32)7)41-35(40)18-17-34(39)38-23-9-11-26(3)4/h13,25-27,29-33H,8-12,14-24H2,1-7H3,(H,38,39)/t27-,29+,30+,31-,32+,33+,36+,37-/m1/s1. The molecule has 0 aliphatic heterocycles. The molecular weight excluding hydrogens is 506 g/mol. The summed E-state index contributed by atoms with van der Waals surface area (Å²) in [4.78, 5) is 24.8. The molecule has 41 heavy (non-hydrogen) atoms. The zero-order valence-electron chi connectivity index (χ0n) is 27.7. The summed E-state index contributed by atoms with van der Waals surface area (Å²) in [7, 11) is 0. The fourth-order valence-corrected chi connectivity index (χ4v) is 10.0. The summed E-state index contributed by atoms with van der Waals surface area (Å²) in [5.41, 5.74) is 2.35. The van der Waals surface area contributed by atoms with Gasteiger partial charge in [0.1, 0.15) is 6.10 Å². The van der Waals surface area contributed by atoms with E-state index in [0.29, 0.717) is 17.9 Å². The fraction of sp³-hybridized carbons (Fsp3) is 0.892. The van der Waals surface area contributed by atoms with Crippen LogP contribution >= 0.6 is 0 Å². The Kier molecular flexibility index (Phi) is 11.1. The number of carbonyl (C=O) groups excluding carboxylic acids is 2. The van der Waals surface area contributed by atoms with Crippen molar-refractivity contribution in [3.05, 3.63) is 11.6 Å². The third kappa shape index (κ3) is 7.61. The Morgan fingerprint density at radius 3 is 2.37 bits per heavy atom. The zero-order valence-corrected chi connectivity index (χ0v) is 27.7. The first-order chi connectivity index (χ1) is 19.4. The molecule has 4 aliphatic carbocycles. The smallest absolute Gasteiger partial charge is 0.306 e. The molecule has 234 valence electrons. The fourth-order valence-electron chi connectivity index (χ4n) is 10.0. The Hall–Kier alpha value is -1.32. The van der Waals surface area contributed by atoms with E-state index in [4.69, 9.17) is 4.74 Å². The predicted octanol–water partition coefficient (Wildman–Crippen LogP) is 9.27. The van der Waals surface area contributed by atoms with E-state index in [1.165, 1.54) is 51.4 Å². The summed E-state index contributed by atoms with van der Waals surface area (Å²) >= 11 is 0. The Balaban J connectivity index is 1.28. The molecule has 0 spiro atoms. The van der Waals surface area contributed by atoms with Crippen molar-refractivity contribution >= 4 is 11.9 Å². The largest absolute Gasteiger partial charge is 0.462 e. The molecule has 0 heterocycles. The van der Waals surface area contributed by atoms with Crippen LogP contribution in [0.15, 0.2) is 11.6 Å². The van der Waals surface area contributed by atoms with E-state index in [9.17, 15) is 9.59 Å². The highest BCUT2D eigenvalue weighted by Gasteiger charge is 2.59. The number of hydrogen-bond donors (Lipinski definition) is 1. The van der Waals surface area contributed by atoms with Crippen molar-refractivity contribution in [2.75, 3.05) is 6.54 Å². The van der Waals surface area contributed by atoms with Crippen molar-refractivity contribution in [2.24, 2.45) is 52.3 Å². The lowest BCUT2D eigenvalue weighted by molar-refractivity contribution is -0.152. The van der Waals surface area contributed by atoms with E-state index in [1.54, 1.807) is 5.57 Å². The van der Waals surface area contributed by atoms with Crippen molar-refractivity contribution in [1.82, 2.24) is 5.32 Å². The quantitative estimate of drug-likeness (QED) is 0.137. The number of rotatable bonds is 13. The topological polar surface area (TPSA) is 55.4 Å². The molecule has 4 rings (SSSR count). The Bertz CT molecular complexity index is 923. The van der Waals surface area contributed by atoms with Gasteiger partial charge in [0.05, 0.1) is 6.42 Å². The summed E-state index contributed by atoms with van der Waals surface area (Å²) in [6.07, 6.45) is 19.1. The molecule has 0 aromatic carbocycles. The van der Waals surface area contributed by atoms with Crippen molar-refractivity contribution in [3.8, 4) is 0 Å². The van der Waals surface area contributed by atoms with Crippen LogP contribution in [0.3, 0.4) is 0 Å². The van der Waals surface area contributed by atoms with Crippen LogP contribution in [0.1, 0.15) is 145 Å². The van der Waals surface area contributed by atoms with Crippen LogP contribution in [-0.4, -0.2) is 24.5 Å². The van der Waals surface area contributed by atoms with Gasteiger partial charge in [-0.25, -0.2) is 0 Å². The zero-order chi connectivity index (χ0) is 29.8. The summed E-state index contributed by atoms with van der Waals surface area (Å²) < 4.78 is 5.94. The molecule has 1 amide bonds. The molecule has 0 bridgehead atoms. The van der Waals surface area contributed by atoms with Gasteiger partial charge in [0.2, 0.25) is 5.91 Å². The van der Waals surface area contributed by atoms with Crippen molar-refractivity contribution in [1.29, 1.82) is 0 Å². The first-order valence-electron chi connectivity index (χ1n) is 17.6. The minimum Gasteiger partial charge on any atom is -0.462 e. The van der Waals surface area contributed by atoms with Crippen molar-refractivity contribution in [3.63, 3.8) is 0 Å². The monoisotopic (exact) mass is 569 g/mol. The van der Waals surface area contributed by atoms with Crippen LogP contribution in [0.4, 0.5) is 0 Å². The summed E-state index contributed by atoms with van der Waals surface area (Å²) in [6.45, 7) is 17.6. The molecule has 0 radical (unpaired) electrons. The van der Waals surface area contributed by atoms with Gasteiger partial charge in [0, 0.05) is 19.4 Å². The summed E-state index contributed by atoms with van der Waals surface area (Å²) in [5.74, 6) is 5.46. The molecule has 4 aliphatic rings. The second-order valence-corrected chi connectivity index (χ2v) is 16.0. The summed E-state index contributed by atoms with van der Waals surface area (Å²) in [6, 6.07) is 0. The molecule has 1 N–H and O–H groups in total. The van der Waals surface area contributed by atoms with E-state index >= 15 is 0 Å². The van der Waals surface area contributed by atoms with Gasteiger partial charge in [-0.15, -0.1) is 0 Å². The number of carbonyl (C=O) groups is 2. The van der Waals surface area contributed by atoms with E-state index < -0.39 is 0 Å². The van der Waals surface area contributed by atoms with Crippen LogP contribution < -0.4 is 5.32 Å². The Labute approximate surface area is 252 Å². The van der Waals surface area contributed by atoms with Gasteiger partial charge in [0.15, 0.2) is 0 Å². The third-order valence-corrected chi connectivity index (χ3v) is 12.4. The maximum absolute atomic E-state index is 12.6. The van der Waals surface area contributed by atoms with E-state index in [1.807, 2.05) is 0 Å². The second kappa shape index (κ2) is 14.0. The highest BCUT2D eigenvalue weighted by Crippen LogP contribution is 2.67. The van der Waals surface area contributed by atoms with Gasteiger partial charge >= 0.3 is 5.97 Å². The van der Waals surface area contributed by atoms with Crippen LogP contribution in [0, 0.1) is 52.3 Å². The Morgan fingerprint density at radius 2 is 1.63 bits per heavy atom. The third-order valence-electron chi connectivity index (χ3n) is 12.4. The number of hydrogen-bond acceptors (Lipinski definition) is 3. The lowest BCUT2D eigenvalue weighted by Crippen LogP contribution is -2.51. The van der Waals surface area contributed by atoms with Crippen molar-refractivity contribution in [2.45, 2.75) is 151 Å². The first kappa shape index (κ1) is 32.6. The number of ether oxygens (including phenoxy) is 1. The second-order valence-electron chi connectivity index (χ2n) is 16.0. The van der Waals surface area contributed by atoms with Gasteiger partial charge in [-0.05, 0) is 110 Å². The first-order valence-corrected chi connectivity index (χ1v) is 17.6. The average Bonchev–Trinajstić information content (AvgIpc) is 3.27. The average molecular weight is 570 g/mol. The normalized spacial score (nSPS) is 35.3. The molecule has 4 nitrogen and oxygen atoms in total. The van der Waals surface area contributed by atoms with Gasteiger partial charge in [-0.2, -0.15) is 0 Å². The lowest BCUT2D eigenvalue weighted by atomic mass is 9.47. The molecule has 0 unspecified atom stereocenters. The van der Waals surface area contributed by atoms with Crippen LogP contribution in [-0.2, 0) is 14.3 Å². The van der Waals surface area contributed by atoms with Gasteiger partial charge in [0.25, 0.3) is 0 Å². The number of fused-ring (bicyclic) bond motifs is 5. The molecule has 0 aromatic rings. The molecule has 0 saturated heterocycles. The highest BCUT2D eigenvalue weighted by molar-refractivity contribution is 5.81. The minimum absolute atomic E-state index is 0.0242. The van der Waals surface area contributed by atoms with Crippen LogP contribution in [0.2, 0.25) is 0 Å². The molecule has 3 fully saturated rings. The van der Waals surface area contributed by atoms with Crippen LogP contribution in [0.25, 0.3) is 0 Å². The van der Waals surface area contributed by atoms with Gasteiger partial charge in [-0.3, -0.25) is 9.59 Å². The number of nitrogens with one attached hydrogen (secondary N) is 1. The molecule has 0 aromatic heterocycles. The Morgan fingerprint density at radius 1 is 0.902 bits per heavy atom. The van der Waals surface area contributed by atoms with Gasteiger partial charge < -0.3 is 10.1 Å². The lowest BCUT2D eigenvalue weighted by Gasteiger charge is -2.58. The number of amides is 1. The van der Waals surface area contributed by atoms with Gasteiger partial charge in [-0.1, -0.05) is 79.4 Å². The number of allylic oxidation sites excluding steroid dienone is 1.